The molecule has 2 nitrogen and oxygen atoms in total. The Bertz CT molecular complexity index is 393. The first-order valence-corrected chi connectivity index (χ1v) is 4.85. The summed E-state index contributed by atoms with van der Waals surface area (Å²) in [7, 11) is 0. The van der Waals surface area contributed by atoms with Gasteiger partial charge in [0.25, 0.3) is 0 Å². The maximum absolute atomic E-state index is 7.54. The fourth-order valence-corrected chi connectivity index (χ4v) is 1.82. The number of ether oxygens (including phenoxy) is 1. The monoisotopic (exact) mass is 189 g/mol. The van der Waals surface area contributed by atoms with Gasteiger partial charge in [-0.2, -0.15) is 0 Å². The molecule has 2 rings (SSSR count). The average Bonchev–Trinajstić information content (AvgIpc) is 2.36. The van der Waals surface area contributed by atoms with E-state index in [0.717, 1.165) is 17.7 Å². The van der Waals surface area contributed by atoms with E-state index in [0.29, 0.717) is 5.71 Å². The zero-order chi connectivity index (χ0) is 10.3. The Morgan fingerprint density at radius 1 is 1.43 bits per heavy atom. The third kappa shape index (κ3) is 1.52. The lowest BCUT2D eigenvalue weighted by Crippen LogP contribution is -2.24. The van der Waals surface area contributed by atoms with Gasteiger partial charge in [0.15, 0.2) is 0 Å². The van der Waals surface area contributed by atoms with Crippen LogP contribution in [0.4, 0.5) is 0 Å². The Hall–Kier alpha value is -1.31. The maximum Gasteiger partial charge on any atom is 0.124 e. The third-order valence-electron chi connectivity index (χ3n) is 2.50. The summed E-state index contributed by atoms with van der Waals surface area (Å²) in [6.07, 6.45) is 0.958. The molecule has 0 bridgehead atoms. The second-order valence-electron chi connectivity index (χ2n) is 4.49. The van der Waals surface area contributed by atoms with Crippen LogP contribution < -0.4 is 4.74 Å². The molecule has 0 saturated heterocycles. The molecular formula is C12H15NO. The molecule has 1 aromatic rings. The summed E-state index contributed by atoms with van der Waals surface area (Å²) in [4.78, 5) is 0. The first-order chi connectivity index (χ1) is 6.48. The average molecular weight is 189 g/mol. The predicted molar refractivity (Wildman–Crippen MR) is 57.4 cm³/mol. The Morgan fingerprint density at radius 2 is 2.14 bits per heavy atom. The minimum Gasteiger partial charge on any atom is -0.487 e. The van der Waals surface area contributed by atoms with E-state index in [9.17, 15) is 0 Å². The zero-order valence-electron chi connectivity index (χ0n) is 8.85. The summed E-state index contributed by atoms with van der Waals surface area (Å²) in [5.41, 5.74) is 2.69. The molecule has 0 atom stereocenters. The van der Waals surface area contributed by atoms with Gasteiger partial charge in [-0.3, -0.25) is 0 Å². The van der Waals surface area contributed by atoms with Gasteiger partial charge < -0.3 is 10.1 Å². The van der Waals surface area contributed by atoms with Crippen LogP contribution in [0.5, 0.6) is 5.75 Å². The quantitative estimate of drug-likeness (QED) is 0.677. The molecule has 0 unspecified atom stereocenters. The highest BCUT2D eigenvalue weighted by atomic mass is 16.5. The molecule has 0 fully saturated rings. The third-order valence-corrected chi connectivity index (χ3v) is 2.50. The largest absolute Gasteiger partial charge is 0.487 e. The maximum atomic E-state index is 7.54. The van der Waals surface area contributed by atoms with Gasteiger partial charge in [-0.1, -0.05) is 12.1 Å². The van der Waals surface area contributed by atoms with Crippen molar-refractivity contribution in [3.05, 3.63) is 29.3 Å². The topological polar surface area (TPSA) is 33.1 Å². The molecule has 2 heteroatoms. The molecular weight excluding hydrogens is 174 g/mol. The van der Waals surface area contributed by atoms with Crippen molar-refractivity contribution in [1.29, 1.82) is 5.41 Å². The van der Waals surface area contributed by atoms with Crippen LogP contribution in [0, 0.1) is 5.41 Å². The number of nitrogens with one attached hydrogen (secondary N) is 1. The number of hydrogen-bond donors (Lipinski definition) is 1. The van der Waals surface area contributed by atoms with Gasteiger partial charge in [-0.05, 0) is 38.0 Å². The molecule has 14 heavy (non-hydrogen) atoms. The highest BCUT2D eigenvalue weighted by Crippen LogP contribution is 2.35. The Kier molecular flexibility index (Phi) is 1.88. The first kappa shape index (κ1) is 9.25. The van der Waals surface area contributed by atoms with Crippen LogP contribution in [0.1, 0.15) is 31.9 Å². The van der Waals surface area contributed by atoms with Crippen molar-refractivity contribution in [3.8, 4) is 5.75 Å². The van der Waals surface area contributed by atoms with Crippen LogP contribution in [0.15, 0.2) is 18.2 Å². The van der Waals surface area contributed by atoms with Crippen molar-refractivity contribution >= 4 is 5.71 Å². The van der Waals surface area contributed by atoms with E-state index in [1.165, 1.54) is 5.56 Å². The Labute approximate surface area is 84.4 Å². The van der Waals surface area contributed by atoms with Crippen molar-refractivity contribution < 1.29 is 4.74 Å². The minimum atomic E-state index is -0.0864. The summed E-state index contributed by atoms with van der Waals surface area (Å²) >= 11 is 0. The van der Waals surface area contributed by atoms with Crippen LogP contribution in [0.3, 0.4) is 0 Å². The van der Waals surface area contributed by atoms with Crippen LogP contribution in [-0.2, 0) is 6.42 Å². The molecule has 0 saturated carbocycles. The standard InChI is InChI=1S/C12H15NO/c1-8(13)9-4-5-10-7-12(2,3)14-11(10)6-9/h4-6,13H,7H2,1-3H3. The molecule has 0 radical (unpaired) electrons. The number of rotatable bonds is 1. The molecule has 0 spiro atoms. The van der Waals surface area contributed by atoms with Crippen molar-refractivity contribution in [2.75, 3.05) is 0 Å². The van der Waals surface area contributed by atoms with Crippen LogP contribution in [0.2, 0.25) is 0 Å². The van der Waals surface area contributed by atoms with E-state index in [1.807, 2.05) is 12.1 Å². The van der Waals surface area contributed by atoms with Crippen LogP contribution >= 0.6 is 0 Å². The molecule has 1 heterocycles. The zero-order valence-corrected chi connectivity index (χ0v) is 8.85. The van der Waals surface area contributed by atoms with E-state index in [1.54, 1.807) is 6.92 Å². The second-order valence-corrected chi connectivity index (χ2v) is 4.49. The van der Waals surface area contributed by atoms with Gasteiger partial charge in [-0.25, -0.2) is 0 Å². The van der Waals surface area contributed by atoms with Gasteiger partial charge in [0.1, 0.15) is 11.4 Å². The lowest BCUT2D eigenvalue weighted by molar-refractivity contribution is 0.138. The molecule has 0 amide bonds. The molecule has 1 N–H and O–H groups in total. The van der Waals surface area contributed by atoms with Gasteiger partial charge in [0, 0.05) is 12.1 Å². The second kappa shape index (κ2) is 2.84. The van der Waals surface area contributed by atoms with Crippen molar-refractivity contribution in [2.24, 2.45) is 0 Å². The molecule has 0 aliphatic carbocycles. The highest BCUT2D eigenvalue weighted by molar-refractivity contribution is 5.96. The number of hydrogen-bond acceptors (Lipinski definition) is 2. The van der Waals surface area contributed by atoms with Gasteiger partial charge >= 0.3 is 0 Å². The highest BCUT2D eigenvalue weighted by Gasteiger charge is 2.29. The fourth-order valence-electron chi connectivity index (χ4n) is 1.82. The Morgan fingerprint density at radius 3 is 2.79 bits per heavy atom. The van der Waals surface area contributed by atoms with E-state index < -0.39 is 0 Å². The summed E-state index contributed by atoms with van der Waals surface area (Å²) in [6, 6.07) is 6.02. The van der Waals surface area contributed by atoms with E-state index in [4.69, 9.17) is 10.1 Å². The van der Waals surface area contributed by atoms with Crippen molar-refractivity contribution in [1.82, 2.24) is 0 Å². The molecule has 0 aromatic heterocycles. The first-order valence-electron chi connectivity index (χ1n) is 4.85. The lowest BCUT2D eigenvalue weighted by atomic mass is 10.0. The summed E-state index contributed by atoms with van der Waals surface area (Å²) in [5, 5.41) is 7.54. The molecule has 1 aliphatic heterocycles. The molecule has 1 aromatic carbocycles. The Balaban J connectivity index is 2.40. The lowest BCUT2D eigenvalue weighted by Gasteiger charge is -2.16. The minimum absolute atomic E-state index is 0.0864. The van der Waals surface area contributed by atoms with E-state index in [-0.39, 0.29) is 5.60 Å². The van der Waals surface area contributed by atoms with Crippen LogP contribution in [-0.4, -0.2) is 11.3 Å². The molecule has 74 valence electrons. The fraction of sp³-hybridized carbons (Fsp3) is 0.417. The van der Waals surface area contributed by atoms with Crippen LogP contribution in [0.25, 0.3) is 0 Å². The SMILES string of the molecule is CC(=N)c1ccc2c(c1)OC(C)(C)C2. The summed E-state index contributed by atoms with van der Waals surface area (Å²) < 4.78 is 5.79. The van der Waals surface area contributed by atoms with E-state index >= 15 is 0 Å². The smallest absolute Gasteiger partial charge is 0.124 e. The molecule has 1 aliphatic rings. The summed E-state index contributed by atoms with van der Waals surface area (Å²) in [6.45, 7) is 5.97. The number of benzene rings is 1. The van der Waals surface area contributed by atoms with Gasteiger partial charge in [-0.15, -0.1) is 0 Å². The van der Waals surface area contributed by atoms with Crippen molar-refractivity contribution in [2.45, 2.75) is 32.8 Å². The van der Waals surface area contributed by atoms with E-state index in [2.05, 4.69) is 19.9 Å². The van der Waals surface area contributed by atoms with Gasteiger partial charge in [0.2, 0.25) is 0 Å². The van der Waals surface area contributed by atoms with Gasteiger partial charge in [0.05, 0.1) is 0 Å². The predicted octanol–water partition coefficient (Wildman–Crippen LogP) is 2.79. The summed E-state index contributed by atoms with van der Waals surface area (Å²) in [5.74, 6) is 0.944. The normalized spacial score (nSPS) is 17.4. The number of fused-ring (bicyclic) bond motifs is 1. The van der Waals surface area contributed by atoms with Crippen molar-refractivity contribution in [3.63, 3.8) is 0 Å².